The SMILES string of the molecule is [2H]c1c([2H])c([2H])c2c(-c3ccc(-c4ccc5c(c4)oc4ccc6oc7ccccc7c6c45)cc3)c3c([2H])c([2H])c([2H])c([2H])c3c(-c3ccccc3)c2c1[2H]. The Balaban J connectivity index is 1.22. The van der Waals surface area contributed by atoms with Gasteiger partial charge in [0.15, 0.2) is 0 Å². The topological polar surface area (TPSA) is 26.3 Å². The molecule has 0 aliphatic heterocycles. The first-order chi connectivity index (χ1) is 26.1. The van der Waals surface area contributed by atoms with Gasteiger partial charge in [-0.05, 0) is 85.3 Å². The second kappa shape index (κ2) is 9.69. The quantitative estimate of drug-likeness (QED) is 0.190. The molecule has 0 saturated heterocycles. The highest BCUT2D eigenvalue weighted by atomic mass is 16.3. The number of hydrogen-bond acceptors (Lipinski definition) is 2. The zero-order valence-electron chi connectivity index (χ0n) is 32.2. The molecule has 0 N–H and O–H groups in total. The molecule has 0 spiro atoms. The Morgan fingerprint density at radius 3 is 1.46 bits per heavy atom. The highest BCUT2D eigenvalue weighted by Gasteiger charge is 2.18. The monoisotopic (exact) mass is 594 g/mol. The molecule has 10 aromatic rings. The van der Waals surface area contributed by atoms with Crippen molar-refractivity contribution < 1.29 is 19.8 Å². The van der Waals surface area contributed by atoms with Crippen LogP contribution < -0.4 is 0 Å². The number of benzene rings is 8. The van der Waals surface area contributed by atoms with Gasteiger partial charge in [0.25, 0.3) is 0 Å². The van der Waals surface area contributed by atoms with E-state index >= 15 is 0 Å². The van der Waals surface area contributed by atoms with E-state index in [1.165, 1.54) is 0 Å². The lowest BCUT2D eigenvalue weighted by molar-refractivity contribution is 0.663. The van der Waals surface area contributed by atoms with Crippen LogP contribution in [0.2, 0.25) is 0 Å². The van der Waals surface area contributed by atoms with Gasteiger partial charge in [0.1, 0.15) is 22.3 Å². The van der Waals surface area contributed by atoms with Gasteiger partial charge in [-0.2, -0.15) is 0 Å². The summed E-state index contributed by atoms with van der Waals surface area (Å²) in [7, 11) is 0. The van der Waals surface area contributed by atoms with Gasteiger partial charge < -0.3 is 8.83 Å². The molecule has 214 valence electrons. The fourth-order valence-corrected chi connectivity index (χ4v) is 6.90. The largest absolute Gasteiger partial charge is 0.456 e. The van der Waals surface area contributed by atoms with Crippen molar-refractivity contribution >= 4 is 65.4 Å². The van der Waals surface area contributed by atoms with Crippen molar-refractivity contribution in [1.29, 1.82) is 0 Å². The summed E-state index contributed by atoms with van der Waals surface area (Å²) in [5.74, 6) is 0. The van der Waals surface area contributed by atoms with Crippen molar-refractivity contribution in [2.45, 2.75) is 0 Å². The van der Waals surface area contributed by atoms with Crippen LogP contribution in [0.5, 0.6) is 0 Å². The molecule has 0 radical (unpaired) electrons. The average Bonchev–Trinajstić information content (AvgIpc) is 3.77. The van der Waals surface area contributed by atoms with Gasteiger partial charge >= 0.3 is 0 Å². The van der Waals surface area contributed by atoms with E-state index in [2.05, 4.69) is 0 Å². The predicted molar refractivity (Wildman–Crippen MR) is 192 cm³/mol. The summed E-state index contributed by atoms with van der Waals surface area (Å²) >= 11 is 0. The third-order valence-corrected chi connectivity index (χ3v) is 8.92. The molecule has 10 rings (SSSR count). The first kappa shape index (κ1) is 18.6. The molecular weight excluding hydrogens is 560 g/mol. The zero-order valence-corrected chi connectivity index (χ0v) is 24.2. The van der Waals surface area contributed by atoms with Crippen LogP contribution in [0.15, 0.2) is 166 Å². The molecule has 2 heteroatoms. The van der Waals surface area contributed by atoms with Gasteiger partial charge in [0.2, 0.25) is 0 Å². The molecule has 46 heavy (non-hydrogen) atoms. The van der Waals surface area contributed by atoms with E-state index in [0.717, 1.165) is 49.4 Å². The molecule has 8 aromatic carbocycles. The van der Waals surface area contributed by atoms with Crippen LogP contribution in [0.1, 0.15) is 11.0 Å². The van der Waals surface area contributed by atoms with E-state index in [9.17, 15) is 0 Å². The van der Waals surface area contributed by atoms with Crippen LogP contribution in [0.4, 0.5) is 0 Å². The molecule has 2 heterocycles. The van der Waals surface area contributed by atoms with Crippen LogP contribution in [0.3, 0.4) is 0 Å². The van der Waals surface area contributed by atoms with Crippen LogP contribution in [0, 0.1) is 0 Å². The van der Waals surface area contributed by atoms with Crippen molar-refractivity contribution in [1.82, 2.24) is 0 Å². The van der Waals surface area contributed by atoms with Gasteiger partial charge in [0, 0.05) is 21.5 Å². The Morgan fingerprint density at radius 1 is 0.348 bits per heavy atom. The van der Waals surface area contributed by atoms with Gasteiger partial charge in [-0.15, -0.1) is 0 Å². The Morgan fingerprint density at radius 2 is 0.826 bits per heavy atom. The fraction of sp³-hybridized carbons (Fsp3) is 0. The highest BCUT2D eigenvalue weighted by molar-refractivity contribution is 6.26. The maximum atomic E-state index is 9.16. The molecule has 0 fully saturated rings. The van der Waals surface area contributed by atoms with Gasteiger partial charge in [0.05, 0.1) is 11.0 Å². The molecule has 0 amide bonds. The molecule has 2 aromatic heterocycles. The summed E-state index contributed by atoms with van der Waals surface area (Å²) in [6.45, 7) is 0. The Bertz CT molecular complexity index is 3160. The van der Waals surface area contributed by atoms with Crippen molar-refractivity contribution in [3.8, 4) is 33.4 Å². The fourth-order valence-electron chi connectivity index (χ4n) is 6.90. The van der Waals surface area contributed by atoms with E-state index in [0.29, 0.717) is 27.8 Å². The Labute approximate surface area is 276 Å². The smallest absolute Gasteiger partial charge is 0.136 e. The average molecular weight is 595 g/mol. The number of para-hydroxylation sites is 1. The van der Waals surface area contributed by atoms with E-state index in [1.807, 2.05) is 84.9 Å². The van der Waals surface area contributed by atoms with Crippen LogP contribution in [-0.4, -0.2) is 0 Å². The maximum Gasteiger partial charge on any atom is 0.136 e. The van der Waals surface area contributed by atoms with Crippen LogP contribution >= 0.6 is 0 Å². The molecule has 2 nitrogen and oxygen atoms in total. The van der Waals surface area contributed by atoms with Crippen molar-refractivity contribution in [2.24, 2.45) is 0 Å². The van der Waals surface area contributed by atoms with Crippen molar-refractivity contribution in [3.05, 3.63) is 158 Å². The Hall–Kier alpha value is -6.12. The molecule has 0 atom stereocenters. The summed E-state index contributed by atoms with van der Waals surface area (Å²) in [5.41, 5.74) is 6.58. The van der Waals surface area contributed by atoms with E-state index in [1.54, 1.807) is 24.3 Å². The molecule has 0 unspecified atom stereocenters. The summed E-state index contributed by atoms with van der Waals surface area (Å²) in [6, 6.07) is 31.5. The number of hydrogen-bond donors (Lipinski definition) is 0. The normalized spacial score (nSPS) is 14.3. The molecular formula is C44H26O2. The van der Waals surface area contributed by atoms with E-state index in [4.69, 9.17) is 19.8 Å². The second-order valence-electron chi connectivity index (χ2n) is 11.4. The van der Waals surface area contributed by atoms with Gasteiger partial charge in [-0.25, -0.2) is 0 Å². The third-order valence-electron chi connectivity index (χ3n) is 8.92. The minimum Gasteiger partial charge on any atom is -0.456 e. The first-order valence-corrected chi connectivity index (χ1v) is 15.0. The molecule has 0 bridgehead atoms. The third kappa shape index (κ3) is 3.65. The number of furan rings is 2. The molecule has 0 aliphatic rings. The van der Waals surface area contributed by atoms with Crippen LogP contribution in [0.25, 0.3) is 98.8 Å². The van der Waals surface area contributed by atoms with Crippen molar-refractivity contribution in [3.63, 3.8) is 0 Å². The lowest BCUT2D eigenvalue weighted by atomic mass is 9.86. The number of fused-ring (bicyclic) bond motifs is 9. The minimum absolute atomic E-state index is 0.187. The molecule has 0 saturated carbocycles. The Kier molecular flexibility index (Phi) is 3.92. The lowest BCUT2D eigenvalue weighted by Crippen LogP contribution is -1.90. The summed E-state index contributed by atoms with van der Waals surface area (Å²) in [4.78, 5) is 0. The zero-order chi connectivity index (χ0) is 37.2. The highest BCUT2D eigenvalue weighted by Crippen LogP contribution is 2.44. The summed E-state index contributed by atoms with van der Waals surface area (Å²) in [5, 5.41) is 4.74. The molecule has 0 aliphatic carbocycles. The van der Waals surface area contributed by atoms with Crippen LogP contribution in [-0.2, 0) is 0 Å². The van der Waals surface area contributed by atoms with Gasteiger partial charge in [-0.1, -0.05) is 127 Å². The van der Waals surface area contributed by atoms with E-state index in [-0.39, 0.29) is 45.7 Å². The minimum atomic E-state index is -0.426. The van der Waals surface area contributed by atoms with Crippen molar-refractivity contribution in [2.75, 3.05) is 0 Å². The predicted octanol–water partition coefficient (Wildman–Crippen LogP) is 12.8. The summed E-state index contributed by atoms with van der Waals surface area (Å²) in [6.07, 6.45) is 0. The number of rotatable bonds is 3. The maximum absolute atomic E-state index is 9.16. The van der Waals surface area contributed by atoms with E-state index < -0.39 is 24.2 Å². The first-order valence-electron chi connectivity index (χ1n) is 19.0. The van der Waals surface area contributed by atoms with Gasteiger partial charge in [-0.3, -0.25) is 0 Å². The lowest BCUT2D eigenvalue weighted by Gasteiger charge is -2.18. The summed E-state index contributed by atoms with van der Waals surface area (Å²) < 4.78 is 83.5. The standard InChI is InChI=1S/C44H26O2/c1-2-10-28(11-3-1)41-31-12-4-6-14-33(31)42(34-15-7-5-13-32(34)41)29-20-18-27(19-21-29)30-22-23-36-40(26-30)46-39-25-24-38-43(44(36)39)35-16-8-9-17-37(35)45-38/h1-26H/i4D,5D,6D,7D,12D,13D,14D,15D. The second-order valence-corrected chi connectivity index (χ2v) is 11.4.